The molecule has 0 fully saturated rings. The number of aliphatic hydroxyl groups excluding tert-OH is 1. The molecule has 0 aromatic carbocycles. The Morgan fingerprint density at radius 3 is 2.50 bits per heavy atom. The number of nitrogens with one attached hydrogen (secondary N) is 1. The molecule has 0 bridgehead atoms. The van der Waals surface area contributed by atoms with Gasteiger partial charge in [-0.2, -0.15) is 0 Å². The van der Waals surface area contributed by atoms with Gasteiger partial charge in [0.2, 0.25) is 0 Å². The minimum atomic E-state index is 0.250. The molecular formula is C12H27NO. The predicted molar refractivity (Wildman–Crippen MR) is 62.5 cm³/mol. The Morgan fingerprint density at radius 1 is 1.29 bits per heavy atom. The van der Waals surface area contributed by atoms with Crippen molar-refractivity contribution < 1.29 is 5.11 Å². The van der Waals surface area contributed by atoms with Crippen molar-refractivity contribution in [2.24, 2.45) is 5.92 Å². The van der Waals surface area contributed by atoms with Crippen molar-refractivity contribution in [2.45, 2.75) is 58.9 Å². The normalized spacial score (nSPS) is 15.4. The summed E-state index contributed by atoms with van der Waals surface area (Å²) in [6.07, 6.45) is 6.39. The fourth-order valence-corrected chi connectivity index (χ4v) is 1.82. The molecule has 0 aliphatic heterocycles. The molecule has 2 N–H and O–H groups in total. The van der Waals surface area contributed by atoms with Crippen molar-refractivity contribution in [3.8, 4) is 0 Å². The van der Waals surface area contributed by atoms with E-state index in [4.69, 9.17) is 5.11 Å². The van der Waals surface area contributed by atoms with Gasteiger partial charge in [-0.15, -0.1) is 0 Å². The standard InChI is InChI=1S/C12H27NO/c1-4-6-7-11(3)10-12(5-2)13-8-9-14/h11-14H,4-10H2,1-3H3. The summed E-state index contributed by atoms with van der Waals surface area (Å²) in [5.41, 5.74) is 0. The van der Waals surface area contributed by atoms with Gasteiger partial charge in [0.05, 0.1) is 6.61 Å². The first kappa shape index (κ1) is 13.9. The zero-order valence-corrected chi connectivity index (χ0v) is 10.1. The highest BCUT2D eigenvalue weighted by Crippen LogP contribution is 2.15. The number of unbranched alkanes of at least 4 members (excludes halogenated alkanes) is 1. The second-order valence-corrected chi connectivity index (χ2v) is 4.27. The number of rotatable bonds is 9. The van der Waals surface area contributed by atoms with Gasteiger partial charge in [0, 0.05) is 12.6 Å². The fraction of sp³-hybridized carbons (Fsp3) is 1.00. The van der Waals surface area contributed by atoms with Crippen molar-refractivity contribution in [1.82, 2.24) is 5.32 Å². The Balaban J connectivity index is 3.57. The molecule has 0 rings (SSSR count). The molecule has 0 saturated carbocycles. The third-order valence-corrected chi connectivity index (χ3v) is 2.77. The van der Waals surface area contributed by atoms with Crippen LogP contribution in [0, 0.1) is 5.92 Å². The molecule has 0 aromatic rings. The number of hydrogen-bond donors (Lipinski definition) is 2. The van der Waals surface area contributed by atoms with E-state index in [2.05, 4.69) is 26.1 Å². The summed E-state index contributed by atoms with van der Waals surface area (Å²) in [6.45, 7) is 7.77. The van der Waals surface area contributed by atoms with Crippen LogP contribution in [0.15, 0.2) is 0 Å². The molecule has 86 valence electrons. The lowest BCUT2D eigenvalue weighted by Gasteiger charge is -2.20. The smallest absolute Gasteiger partial charge is 0.0556 e. The molecule has 2 atom stereocenters. The summed E-state index contributed by atoms with van der Waals surface area (Å²) < 4.78 is 0. The summed E-state index contributed by atoms with van der Waals surface area (Å²) in [4.78, 5) is 0. The second-order valence-electron chi connectivity index (χ2n) is 4.27. The Labute approximate surface area is 89.1 Å². The molecule has 2 unspecified atom stereocenters. The van der Waals surface area contributed by atoms with E-state index in [1.54, 1.807) is 0 Å². The van der Waals surface area contributed by atoms with Crippen LogP contribution in [0.4, 0.5) is 0 Å². The fourth-order valence-electron chi connectivity index (χ4n) is 1.82. The van der Waals surface area contributed by atoms with Gasteiger partial charge >= 0.3 is 0 Å². The van der Waals surface area contributed by atoms with E-state index in [-0.39, 0.29) is 6.61 Å². The first-order valence-corrected chi connectivity index (χ1v) is 6.08. The monoisotopic (exact) mass is 201 g/mol. The largest absolute Gasteiger partial charge is 0.395 e. The summed E-state index contributed by atoms with van der Waals surface area (Å²) in [5.74, 6) is 0.811. The van der Waals surface area contributed by atoms with E-state index < -0.39 is 0 Å². The van der Waals surface area contributed by atoms with Crippen LogP contribution in [0.3, 0.4) is 0 Å². The minimum absolute atomic E-state index is 0.250. The van der Waals surface area contributed by atoms with E-state index in [9.17, 15) is 0 Å². The molecule has 0 aromatic heterocycles. The zero-order valence-electron chi connectivity index (χ0n) is 10.1. The van der Waals surface area contributed by atoms with Crippen LogP contribution < -0.4 is 5.32 Å². The van der Waals surface area contributed by atoms with Crippen LogP contribution in [0.5, 0.6) is 0 Å². The molecule has 0 spiro atoms. The van der Waals surface area contributed by atoms with Crippen molar-refractivity contribution in [1.29, 1.82) is 0 Å². The molecule has 2 nitrogen and oxygen atoms in total. The van der Waals surface area contributed by atoms with Crippen molar-refractivity contribution >= 4 is 0 Å². The van der Waals surface area contributed by atoms with Crippen LogP contribution >= 0.6 is 0 Å². The lowest BCUT2D eigenvalue weighted by atomic mass is 9.95. The van der Waals surface area contributed by atoms with E-state index in [1.807, 2.05) is 0 Å². The maximum Gasteiger partial charge on any atom is 0.0556 e. The van der Waals surface area contributed by atoms with Crippen molar-refractivity contribution in [3.05, 3.63) is 0 Å². The third-order valence-electron chi connectivity index (χ3n) is 2.77. The molecule has 0 heterocycles. The highest BCUT2D eigenvalue weighted by Gasteiger charge is 2.09. The van der Waals surface area contributed by atoms with Crippen LogP contribution in [-0.2, 0) is 0 Å². The Kier molecular flexibility index (Phi) is 9.42. The third kappa shape index (κ3) is 7.34. The highest BCUT2D eigenvalue weighted by atomic mass is 16.3. The van der Waals surface area contributed by atoms with Crippen molar-refractivity contribution in [2.75, 3.05) is 13.2 Å². The first-order valence-electron chi connectivity index (χ1n) is 6.08. The average Bonchev–Trinajstić information content (AvgIpc) is 2.21. The van der Waals surface area contributed by atoms with Crippen LogP contribution in [0.2, 0.25) is 0 Å². The van der Waals surface area contributed by atoms with E-state index in [1.165, 1.54) is 25.7 Å². The van der Waals surface area contributed by atoms with Gasteiger partial charge in [0.25, 0.3) is 0 Å². The van der Waals surface area contributed by atoms with E-state index >= 15 is 0 Å². The summed E-state index contributed by atoms with van der Waals surface area (Å²) in [6, 6.07) is 0.592. The molecule has 0 aliphatic rings. The van der Waals surface area contributed by atoms with Gasteiger partial charge in [-0.1, -0.05) is 40.0 Å². The summed E-state index contributed by atoms with van der Waals surface area (Å²) in [7, 11) is 0. The lowest BCUT2D eigenvalue weighted by Crippen LogP contribution is -2.32. The van der Waals surface area contributed by atoms with Gasteiger partial charge in [-0.3, -0.25) is 0 Å². The molecule has 0 radical (unpaired) electrons. The average molecular weight is 201 g/mol. The SMILES string of the molecule is CCCCC(C)CC(CC)NCCO. The Morgan fingerprint density at radius 2 is 2.00 bits per heavy atom. The molecule has 0 saturated heterocycles. The van der Waals surface area contributed by atoms with Gasteiger partial charge in [0.15, 0.2) is 0 Å². The van der Waals surface area contributed by atoms with Gasteiger partial charge < -0.3 is 10.4 Å². The molecule has 14 heavy (non-hydrogen) atoms. The Bertz CT molecular complexity index is 117. The van der Waals surface area contributed by atoms with Gasteiger partial charge in [0.1, 0.15) is 0 Å². The molecule has 2 heteroatoms. The highest BCUT2D eigenvalue weighted by molar-refractivity contribution is 4.68. The van der Waals surface area contributed by atoms with Gasteiger partial charge in [-0.25, -0.2) is 0 Å². The maximum atomic E-state index is 8.72. The van der Waals surface area contributed by atoms with E-state index in [0.717, 1.165) is 18.9 Å². The first-order chi connectivity index (χ1) is 6.74. The minimum Gasteiger partial charge on any atom is -0.395 e. The Hall–Kier alpha value is -0.0800. The van der Waals surface area contributed by atoms with Crippen molar-refractivity contribution in [3.63, 3.8) is 0 Å². The predicted octanol–water partition coefficient (Wildman–Crippen LogP) is 2.56. The topological polar surface area (TPSA) is 32.3 Å². The van der Waals surface area contributed by atoms with Crippen LogP contribution in [-0.4, -0.2) is 24.3 Å². The maximum absolute atomic E-state index is 8.72. The summed E-state index contributed by atoms with van der Waals surface area (Å²) in [5, 5.41) is 12.1. The number of aliphatic hydroxyl groups is 1. The zero-order chi connectivity index (χ0) is 10.8. The quantitative estimate of drug-likeness (QED) is 0.601. The summed E-state index contributed by atoms with van der Waals surface area (Å²) >= 11 is 0. The van der Waals surface area contributed by atoms with Gasteiger partial charge in [-0.05, 0) is 18.8 Å². The molecule has 0 aliphatic carbocycles. The lowest BCUT2D eigenvalue weighted by molar-refractivity contribution is 0.273. The van der Waals surface area contributed by atoms with E-state index in [0.29, 0.717) is 6.04 Å². The van der Waals surface area contributed by atoms with Crippen LogP contribution in [0.25, 0.3) is 0 Å². The molecular weight excluding hydrogens is 174 g/mol. The second kappa shape index (κ2) is 9.47. The number of hydrogen-bond acceptors (Lipinski definition) is 2. The van der Waals surface area contributed by atoms with Crippen LogP contribution in [0.1, 0.15) is 52.9 Å². The molecule has 0 amide bonds.